The van der Waals surface area contributed by atoms with E-state index in [1.807, 2.05) is 18.2 Å². The Hall–Kier alpha value is -3.88. The van der Waals surface area contributed by atoms with Crippen LogP contribution in [0.5, 0.6) is 5.75 Å². The minimum absolute atomic E-state index is 0.0884. The van der Waals surface area contributed by atoms with Gasteiger partial charge in [0.05, 0.1) is 18.5 Å². The standard InChI is InChI=1S/C28H27F3N4O2/c1-18-25(27(36)34-14-12-20(13-15-34)16-19-6-4-3-5-7-19)26-32-23(21-8-10-22(37-2)11-9-21)17-24(28(29,30)31)35(26)33-18/h3-11,17,20H,12-16H2,1-2H3. The van der Waals surface area contributed by atoms with Crippen LogP contribution in [0, 0.1) is 12.8 Å². The fraction of sp³-hybridized carbons (Fsp3) is 0.321. The highest BCUT2D eigenvalue weighted by atomic mass is 19.4. The van der Waals surface area contributed by atoms with Crippen molar-refractivity contribution in [2.24, 2.45) is 5.92 Å². The number of fused-ring (bicyclic) bond motifs is 1. The van der Waals surface area contributed by atoms with Gasteiger partial charge in [-0.05, 0) is 68.0 Å². The summed E-state index contributed by atoms with van der Waals surface area (Å²) in [6, 6.07) is 17.8. The normalized spacial score (nSPS) is 14.8. The van der Waals surface area contributed by atoms with Gasteiger partial charge in [-0.3, -0.25) is 4.79 Å². The molecular weight excluding hydrogens is 481 g/mol. The lowest BCUT2D eigenvalue weighted by Crippen LogP contribution is -2.39. The number of halogens is 3. The zero-order chi connectivity index (χ0) is 26.2. The number of rotatable bonds is 5. The molecule has 4 aromatic rings. The lowest BCUT2D eigenvalue weighted by Gasteiger charge is -2.32. The third kappa shape index (κ3) is 5.03. The number of ether oxygens (including phenoxy) is 1. The highest BCUT2D eigenvalue weighted by molar-refractivity contribution is 6.01. The third-order valence-electron chi connectivity index (χ3n) is 6.92. The highest BCUT2D eigenvalue weighted by Crippen LogP contribution is 2.34. The van der Waals surface area contributed by atoms with E-state index in [0.29, 0.717) is 30.3 Å². The Kier molecular flexibility index (Phi) is 6.62. The van der Waals surface area contributed by atoms with Crippen LogP contribution in [0.2, 0.25) is 0 Å². The summed E-state index contributed by atoms with van der Waals surface area (Å²) >= 11 is 0. The molecule has 0 radical (unpaired) electrons. The van der Waals surface area contributed by atoms with Crippen LogP contribution in [0.25, 0.3) is 16.9 Å². The summed E-state index contributed by atoms with van der Waals surface area (Å²) in [4.78, 5) is 19.8. The first-order valence-corrected chi connectivity index (χ1v) is 12.2. The smallest absolute Gasteiger partial charge is 0.433 e. The molecule has 1 amide bonds. The van der Waals surface area contributed by atoms with Crippen molar-refractivity contribution >= 4 is 11.6 Å². The van der Waals surface area contributed by atoms with Gasteiger partial charge < -0.3 is 9.64 Å². The number of alkyl halides is 3. The van der Waals surface area contributed by atoms with Gasteiger partial charge in [-0.15, -0.1) is 0 Å². The number of methoxy groups -OCH3 is 1. The molecule has 3 heterocycles. The molecule has 0 unspecified atom stereocenters. The van der Waals surface area contributed by atoms with Gasteiger partial charge in [0.1, 0.15) is 11.3 Å². The predicted molar refractivity (Wildman–Crippen MR) is 133 cm³/mol. The van der Waals surface area contributed by atoms with Crippen LogP contribution in [0.3, 0.4) is 0 Å². The van der Waals surface area contributed by atoms with Crippen LogP contribution in [-0.4, -0.2) is 45.6 Å². The van der Waals surface area contributed by atoms with E-state index < -0.39 is 11.9 Å². The number of amides is 1. The summed E-state index contributed by atoms with van der Waals surface area (Å²) in [6.07, 6.45) is -2.08. The SMILES string of the molecule is COc1ccc(-c2cc(C(F)(F)F)n3nc(C)c(C(=O)N4CCC(Cc5ccccc5)CC4)c3n2)cc1. The molecule has 0 saturated carbocycles. The van der Waals surface area contributed by atoms with Crippen molar-refractivity contribution in [2.45, 2.75) is 32.4 Å². The molecule has 1 saturated heterocycles. The van der Waals surface area contributed by atoms with E-state index in [9.17, 15) is 18.0 Å². The lowest BCUT2D eigenvalue weighted by atomic mass is 9.90. The van der Waals surface area contributed by atoms with Crippen LogP contribution in [0.15, 0.2) is 60.7 Å². The van der Waals surface area contributed by atoms with Crippen LogP contribution in [0.4, 0.5) is 13.2 Å². The zero-order valence-electron chi connectivity index (χ0n) is 20.6. The Labute approximate surface area is 212 Å². The second-order valence-corrected chi connectivity index (χ2v) is 9.37. The van der Waals surface area contributed by atoms with Crippen molar-refractivity contribution < 1.29 is 22.7 Å². The second kappa shape index (κ2) is 9.88. The van der Waals surface area contributed by atoms with Crippen LogP contribution in [-0.2, 0) is 12.6 Å². The topological polar surface area (TPSA) is 59.7 Å². The highest BCUT2D eigenvalue weighted by Gasteiger charge is 2.37. The largest absolute Gasteiger partial charge is 0.497 e. The molecule has 6 nitrogen and oxygen atoms in total. The first-order chi connectivity index (χ1) is 17.7. The Morgan fingerprint density at radius 1 is 1.05 bits per heavy atom. The number of hydrogen-bond donors (Lipinski definition) is 0. The Bertz CT molecular complexity index is 1410. The molecule has 0 bridgehead atoms. The maximum Gasteiger partial charge on any atom is 0.433 e. The van der Waals surface area contributed by atoms with Crippen molar-refractivity contribution in [3.63, 3.8) is 0 Å². The molecule has 0 atom stereocenters. The molecule has 2 aromatic heterocycles. The summed E-state index contributed by atoms with van der Waals surface area (Å²) in [7, 11) is 1.51. The van der Waals surface area contributed by atoms with Gasteiger partial charge in [0, 0.05) is 18.7 Å². The van der Waals surface area contributed by atoms with E-state index in [1.165, 1.54) is 12.7 Å². The second-order valence-electron chi connectivity index (χ2n) is 9.37. The molecule has 37 heavy (non-hydrogen) atoms. The number of piperidine rings is 1. The van der Waals surface area contributed by atoms with Gasteiger partial charge in [-0.25, -0.2) is 9.50 Å². The van der Waals surface area contributed by atoms with Crippen molar-refractivity contribution in [1.29, 1.82) is 0 Å². The van der Waals surface area contributed by atoms with E-state index in [2.05, 4.69) is 22.2 Å². The van der Waals surface area contributed by atoms with Gasteiger partial charge >= 0.3 is 6.18 Å². The van der Waals surface area contributed by atoms with Crippen molar-refractivity contribution in [1.82, 2.24) is 19.5 Å². The number of aromatic nitrogens is 3. The summed E-state index contributed by atoms with van der Waals surface area (Å²) < 4.78 is 48.0. The minimum atomic E-state index is -4.68. The van der Waals surface area contributed by atoms with Gasteiger partial charge in [-0.2, -0.15) is 18.3 Å². The molecular formula is C28H27F3N4O2. The predicted octanol–water partition coefficient (Wildman–Crippen LogP) is 5.83. The van der Waals surface area contributed by atoms with E-state index in [-0.39, 0.29) is 28.5 Å². The average molecular weight is 509 g/mol. The van der Waals surface area contributed by atoms with Crippen molar-refractivity contribution in [2.75, 3.05) is 20.2 Å². The Morgan fingerprint density at radius 2 is 1.73 bits per heavy atom. The van der Waals surface area contributed by atoms with Crippen molar-refractivity contribution in [3.05, 3.63) is 83.2 Å². The third-order valence-corrected chi connectivity index (χ3v) is 6.92. The summed E-state index contributed by atoms with van der Waals surface area (Å²) in [6.45, 7) is 2.63. The fourth-order valence-corrected chi connectivity index (χ4v) is 4.93. The Balaban J connectivity index is 1.46. The molecule has 0 N–H and O–H groups in total. The zero-order valence-corrected chi connectivity index (χ0v) is 20.6. The number of aryl methyl sites for hydroxylation is 1. The number of hydrogen-bond acceptors (Lipinski definition) is 4. The first kappa shape index (κ1) is 24.8. The Morgan fingerprint density at radius 3 is 2.35 bits per heavy atom. The van der Waals surface area contributed by atoms with Gasteiger partial charge in [0.15, 0.2) is 11.3 Å². The monoisotopic (exact) mass is 508 g/mol. The molecule has 5 rings (SSSR count). The number of carbonyl (C=O) groups excluding carboxylic acids is 1. The molecule has 0 aliphatic carbocycles. The van der Waals surface area contributed by atoms with Crippen LogP contribution in [0.1, 0.15) is 40.2 Å². The molecule has 192 valence electrons. The fourth-order valence-electron chi connectivity index (χ4n) is 4.93. The first-order valence-electron chi connectivity index (χ1n) is 12.2. The molecule has 1 aliphatic rings. The number of likely N-dealkylation sites (tertiary alicyclic amines) is 1. The lowest BCUT2D eigenvalue weighted by molar-refractivity contribution is -0.142. The summed E-state index contributed by atoms with van der Waals surface area (Å²) in [5.41, 5.74) is 1.12. The molecule has 9 heteroatoms. The molecule has 2 aromatic carbocycles. The number of benzene rings is 2. The van der Waals surface area contributed by atoms with Gasteiger partial charge in [-0.1, -0.05) is 30.3 Å². The summed E-state index contributed by atoms with van der Waals surface area (Å²) in [5, 5.41) is 4.10. The van der Waals surface area contributed by atoms with E-state index >= 15 is 0 Å². The van der Waals surface area contributed by atoms with Crippen LogP contribution < -0.4 is 4.74 Å². The average Bonchev–Trinajstić information content (AvgIpc) is 3.23. The van der Waals surface area contributed by atoms with Gasteiger partial charge in [0.2, 0.25) is 0 Å². The minimum Gasteiger partial charge on any atom is -0.497 e. The number of carbonyl (C=O) groups is 1. The summed E-state index contributed by atoms with van der Waals surface area (Å²) in [5.74, 6) is 0.693. The van der Waals surface area contributed by atoms with Crippen LogP contribution >= 0.6 is 0 Å². The van der Waals surface area contributed by atoms with E-state index in [1.54, 1.807) is 36.1 Å². The van der Waals surface area contributed by atoms with Gasteiger partial charge in [0.25, 0.3) is 5.91 Å². The van der Waals surface area contributed by atoms with E-state index in [0.717, 1.165) is 29.8 Å². The van der Waals surface area contributed by atoms with Crippen molar-refractivity contribution in [3.8, 4) is 17.0 Å². The molecule has 1 aliphatic heterocycles. The van der Waals surface area contributed by atoms with E-state index in [4.69, 9.17) is 4.74 Å². The number of nitrogens with zero attached hydrogens (tertiary/aromatic N) is 4. The molecule has 0 spiro atoms. The molecule has 1 fully saturated rings. The maximum absolute atomic E-state index is 14.0. The maximum atomic E-state index is 14.0. The quantitative estimate of drug-likeness (QED) is 0.341.